The van der Waals surface area contributed by atoms with E-state index in [0.29, 0.717) is 5.76 Å². The third-order valence-electron chi connectivity index (χ3n) is 7.69. The lowest BCUT2D eigenvalue weighted by Crippen LogP contribution is -2.44. The maximum atomic E-state index is 9.46. The zero-order valence-corrected chi connectivity index (χ0v) is 21.7. The molecule has 178 valence electrons. The zero-order chi connectivity index (χ0) is 24.9. The Morgan fingerprint density at radius 3 is 2.03 bits per heavy atom. The minimum absolute atomic E-state index is 0.137. The summed E-state index contributed by atoms with van der Waals surface area (Å²) < 4.78 is 6.23. The summed E-state index contributed by atoms with van der Waals surface area (Å²) in [7, 11) is 0. The van der Waals surface area contributed by atoms with Crippen LogP contribution in [0.3, 0.4) is 0 Å². The molecule has 0 amide bonds. The van der Waals surface area contributed by atoms with E-state index in [0.717, 1.165) is 31.7 Å². The summed E-state index contributed by atoms with van der Waals surface area (Å²) in [5.41, 5.74) is 5.55. The van der Waals surface area contributed by atoms with Crippen molar-refractivity contribution in [2.75, 3.05) is 18.0 Å². The van der Waals surface area contributed by atoms with Crippen molar-refractivity contribution in [1.29, 1.82) is 10.5 Å². The van der Waals surface area contributed by atoms with E-state index in [-0.39, 0.29) is 22.2 Å². The lowest BCUT2D eigenvalue weighted by Gasteiger charge is -2.48. The van der Waals surface area contributed by atoms with Gasteiger partial charge in [0.05, 0.1) is 12.1 Å². The SMILES string of the molecule is CC(C)(C)C1=CC(C(C#N)C#N)C=C(/C=C/c2cc3c4c(c2)C(C)(C)CCN4CCC3(C)C)O1. The molecule has 1 atom stereocenters. The summed E-state index contributed by atoms with van der Waals surface area (Å²) in [6.45, 7) is 17.9. The van der Waals surface area contributed by atoms with E-state index in [1.807, 2.05) is 18.2 Å². The normalized spacial score (nSPS) is 22.9. The molecule has 0 N–H and O–H groups in total. The Morgan fingerprint density at radius 2 is 1.53 bits per heavy atom. The molecular weight excluding hydrogens is 418 g/mol. The van der Waals surface area contributed by atoms with Crippen LogP contribution in [0.5, 0.6) is 0 Å². The average Bonchev–Trinajstić information content (AvgIpc) is 2.76. The maximum absolute atomic E-state index is 9.46. The molecule has 34 heavy (non-hydrogen) atoms. The highest BCUT2D eigenvalue weighted by atomic mass is 16.5. The first-order chi connectivity index (χ1) is 15.9. The molecule has 0 spiro atoms. The molecule has 4 nitrogen and oxygen atoms in total. The Kier molecular flexibility index (Phi) is 5.93. The second kappa shape index (κ2) is 8.35. The molecule has 0 aliphatic carbocycles. The van der Waals surface area contributed by atoms with E-state index < -0.39 is 5.92 Å². The van der Waals surface area contributed by atoms with Crippen LogP contribution >= 0.6 is 0 Å². The lowest BCUT2D eigenvalue weighted by atomic mass is 9.69. The van der Waals surface area contributed by atoms with Crippen LogP contribution in [-0.4, -0.2) is 13.1 Å². The molecule has 0 bridgehead atoms. The number of hydrogen-bond donors (Lipinski definition) is 0. The zero-order valence-electron chi connectivity index (χ0n) is 21.7. The van der Waals surface area contributed by atoms with Gasteiger partial charge in [-0.05, 0) is 70.7 Å². The van der Waals surface area contributed by atoms with Gasteiger partial charge >= 0.3 is 0 Å². The van der Waals surface area contributed by atoms with Crippen molar-refractivity contribution >= 4 is 11.8 Å². The van der Waals surface area contributed by atoms with E-state index >= 15 is 0 Å². The third-order valence-corrected chi connectivity index (χ3v) is 7.69. The summed E-state index contributed by atoms with van der Waals surface area (Å²) in [5.74, 6) is 0.479. The molecule has 0 saturated heterocycles. The van der Waals surface area contributed by atoms with Gasteiger partial charge in [-0.15, -0.1) is 0 Å². The van der Waals surface area contributed by atoms with Gasteiger partial charge in [0.25, 0.3) is 0 Å². The summed E-state index contributed by atoms with van der Waals surface area (Å²) in [6, 6.07) is 8.95. The number of ether oxygens (including phenoxy) is 1. The van der Waals surface area contributed by atoms with Gasteiger partial charge in [-0.3, -0.25) is 0 Å². The van der Waals surface area contributed by atoms with Crippen LogP contribution in [-0.2, 0) is 15.6 Å². The topological polar surface area (TPSA) is 60.0 Å². The molecule has 3 aliphatic rings. The van der Waals surface area contributed by atoms with Crippen molar-refractivity contribution < 1.29 is 4.74 Å². The van der Waals surface area contributed by atoms with Gasteiger partial charge in [-0.1, -0.05) is 54.5 Å². The van der Waals surface area contributed by atoms with Crippen LogP contribution in [0.25, 0.3) is 6.08 Å². The second-order valence-corrected chi connectivity index (χ2v) is 12.3. The Hall–Kier alpha value is -2.98. The van der Waals surface area contributed by atoms with E-state index in [9.17, 15) is 10.5 Å². The largest absolute Gasteiger partial charge is 0.462 e. The molecule has 0 fully saturated rings. The van der Waals surface area contributed by atoms with Crippen molar-refractivity contribution in [1.82, 2.24) is 0 Å². The molecule has 3 heterocycles. The number of nitriles is 2. The fourth-order valence-electron chi connectivity index (χ4n) is 5.23. The third kappa shape index (κ3) is 4.39. The van der Waals surface area contributed by atoms with Gasteiger partial charge in [0, 0.05) is 30.1 Å². The predicted octanol–water partition coefficient (Wildman–Crippen LogP) is 6.99. The Morgan fingerprint density at radius 1 is 0.971 bits per heavy atom. The minimum atomic E-state index is -0.731. The number of anilines is 1. The second-order valence-electron chi connectivity index (χ2n) is 12.3. The Bertz CT molecular complexity index is 1110. The van der Waals surface area contributed by atoms with Crippen molar-refractivity contribution in [2.24, 2.45) is 17.3 Å². The molecule has 4 rings (SSSR count). The van der Waals surface area contributed by atoms with E-state index in [2.05, 4.69) is 83.7 Å². The summed E-state index contributed by atoms with van der Waals surface area (Å²) in [6.07, 6.45) is 10.3. The molecule has 0 radical (unpaired) electrons. The van der Waals surface area contributed by atoms with Gasteiger partial charge in [-0.25, -0.2) is 0 Å². The van der Waals surface area contributed by atoms with E-state index in [1.54, 1.807) is 0 Å². The number of hydrogen-bond acceptors (Lipinski definition) is 4. The molecule has 1 aromatic rings. The van der Waals surface area contributed by atoms with E-state index in [4.69, 9.17) is 4.74 Å². The molecular formula is C30H37N3O. The molecule has 1 aromatic carbocycles. The highest BCUT2D eigenvalue weighted by Crippen LogP contribution is 2.49. The number of benzene rings is 1. The van der Waals surface area contributed by atoms with Crippen molar-refractivity contribution in [3.05, 3.63) is 58.6 Å². The van der Waals surface area contributed by atoms with Gasteiger partial charge in [0.15, 0.2) is 0 Å². The molecule has 3 aliphatic heterocycles. The summed E-state index contributed by atoms with van der Waals surface area (Å²) in [4.78, 5) is 2.58. The number of allylic oxidation sites excluding steroid dienone is 4. The monoisotopic (exact) mass is 455 g/mol. The number of rotatable bonds is 3. The maximum Gasteiger partial charge on any atom is 0.143 e. The predicted molar refractivity (Wildman–Crippen MR) is 138 cm³/mol. The lowest BCUT2D eigenvalue weighted by molar-refractivity contribution is 0.213. The smallest absolute Gasteiger partial charge is 0.143 e. The quantitative estimate of drug-likeness (QED) is 0.493. The van der Waals surface area contributed by atoms with E-state index in [1.165, 1.54) is 22.4 Å². The fourth-order valence-corrected chi connectivity index (χ4v) is 5.23. The summed E-state index contributed by atoms with van der Waals surface area (Å²) in [5, 5.41) is 18.9. The van der Waals surface area contributed by atoms with Gasteiger partial charge in [0.2, 0.25) is 0 Å². The van der Waals surface area contributed by atoms with Crippen LogP contribution < -0.4 is 4.90 Å². The average molecular weight is 456 g/mol. The van der Waals surface area contributed by atoms with Gasteiger partial charge < -0.3 is 9.64 Å². The van der Waals surface area contributed by atoms with Gasteiger partial charge in [0.1, 0.15) is 17.4 Å². The van der Waals surface area contributed by atoms with Crippen LogP contribution in [0, 0.1) is 39.9 Å². The van der Waals surface area contributed by atoms with Crippen LogP contribution in [0.15, 0.2) is 41.9 Å². The standard InChI is InChI=1S/C30H37N3O/c1-28(2,3)26-17-21(22(18-31)19-32)16-23(34-26)9-8-20-14-24-27-25(15-20)30(6,7)11-13-33(27)12-10-29(24,4)5/h8-9,14-17,21-22H,10-13H2,1-7H3/b9-8+. The molecule has 0 aromatic heterocycles. The highest BCUT2D eigenvalue weighted by molar-refractivity contribution is 5.72. The van der Waals surface area contributed by atoms with Crippen LogP contribution in [0.2, 0.25) is 0 Å². The first-order valence-electron chi connectivity index (χ1n) is 12.4. The fraction of sp³-hybridized carbons (Fsp3) is 0.533. The first-order valence-corrected chi connectivity index (χ1v) is 12.4. The Labute approximate surface area is 205 Å². The highest BCUT2D eigenvalue weighted by Gasteiger charge is 2.39. The summed E-state index contributed by atoms with van der Waals surface area (Å²) >= 11 is 0. The van der Waals surface area contributed by atoms with Crippen molar-refractivity contribution in [2.45, 2.75) is 72.1 Å². The van der Waals surface area contributed by atoms with Crippen LogP contribution in [0.1, 0.15) is 78.0 Å². The van der Waals surface area contributed by atoms with Crippen LogP contribution in [0.4, 0.5) is 5.69 Å². The molecule has 1 unspecified atom stereocenters. The molecule has 4 heteroatoms. The Balaban J connectivity index is 1.74. The van der Waals surface area contributed by atoms with Crippen molar-refractivity contribution in [3.8, 4) is 12.1 Å². The van der Waals surface area contributed by atoms with Gasteiger partial charge in [-0.2, -0.15) is 10.5 Å². The minimum Gasteiger partial charge on any atom is -0.462 e. The van der Waals surface area contributed by atoms with Crippen molar-refractivity contribution in [3.63, 3.8) is 0 Å². The number of nitrogens with zero attached hydrogens (tertiary/aromatic N) is 3. The molecule has 0 saturated carbocycles. The first kappa shape index (κ1) is 24.2.